The first kappa shape index (κ1) is 22.2. The molecule has 4 aromatic rings. The Balaban J connectivity index is 1.23. The van der Waals surface area contributed by atoms with E-state index in [-0.39, 0.29) is 11.6 Å². The van der Waals surface area contributed by atoms with Crippen molar-refractivity contribution in [1.29, 1.82) is 0 Å². The Morgan fingerprint density at radius 1 is 1.00 bits per heavy atom. The molecule has 8 nitrogen and oxygen atoms in total. The molecule has 2 amide bonds. The van der Waals surface area contributed by atoms with Crippen molar-refractivity contribution in [2.45, 2.75) is 20.4 Å². The van der Waals surface area contributed by atoms with Crippen LogP contribution in [-0.2, 0) is 6.54 Å². The van der Waals surface area contributed by atoms with E-state index in [9.17, 15) is 9.59 Å². The van der Waals surface area contributed by atoms with E-state index in [0.29, 0.717) is 24.6 Å². The lowest BCUT2D eigenvalue weighted by atomic mass is 10.2. The van der Waals surface area contributed by atoms with Gasteiger partial charge in [0.2, 0.25) is 4.96 Å². The van der Waals surface area contributed by atoms with Crippen LogP contribution in [0.2, 0.25) is 0 Å². The molecule has 0 saturated carbocycles. The minimum atomic E-state index is -0.175. The molecular weight excluding hydrogens is 448 g/mol. The highest BCUT2D eigenvalue weighted by Gasteiger charge is 2.22. The van der Waals surface area contributed by atoms with Gasteiger partial charge in [-0.05, 0) is 31.5 Å². The molecule has 1 N–H and O–H groups in total. The highest BCUT2D eigenvalue weighted by molar-refractivity contribution is 7.19. The largest absolute Gasteiger partial charge is 0.322 e. The summed E-state index contributed by atoms with van der Waals surface area (Å²) in [6.07, 6.45) is 0. The second-order valence-corrected chi connectivity index (χ2v) is 9.57. The van der Waals surface area contributed by atoms with Crippen LogP contribution in [0.15, 0.2) is 59.4 Å². The monoisotopic (exact) mass is 474 g/mol. The van der Waals surface area contributed by atoms with E-state index in [2.05, 4.69) is 15.3 Å². The smallest absolute Gasteiger partial charge is 0.321 e. The van der Waals surface area contributed by atoms with Gasteiger partial charge in [-0.3, -0.25) is 9.69 Å². The summed E-state index contributed by atoms with van der Waals surface area (Å²) in [6.45, 7) is 7.29. The molecule has 1 aliphatic rings. The average Bonchev–Trinajstić information content (AvgIpc) is 3.25. The maximum Gasteiger partial charge on any atom is 0.321 e. The zero-order valence-corrected chi connectivity index (χ0v) is 20.0. The molecule has 0 bridgehead atoms. The summed E-state index contributed by atoms with van der Waals surface area (Å²) >= 11 is 1.41. The van der Waals surface area contributed by atoms with Crippen LogP contribution < -0.4 is 10.9 Å². The third kappa shape index (κ3) is 4.85. The maximum atomic E-state index is 12.7. The fourth-order valence-electron chi connectivity index (χ4n) is 4.01. The van der Waals surface area contributed by atoms with Crippen molar-refractivity contribution in [3.05, 3.63) is 81.8 Å². The molecule has 9 heteroatoms. The molecular formula is C25H26N6O2S. The minimum Gasteiger partial charge on any atom is -0.322 e. The first-order valence-corrected chi connectivity index (χ1v) is 12.1. The zero-order valence-electron chi connectivity index (χ0n) is 19.2. The number of fused-ring (bicyclic) bond motifs is 1. The molecule has 0 unspecified atom stereocenters. The van der Waals surface area contributed by atoms with Gasteiger partial charge >= 0.3 is 6.03 Å². The third-order valence-electron chi connectivity index (χ3n) is 5.91. The van der Waals surface area contributed by atoms with Crippen molar-refractivity contribution in [2.24, 2.45) is 0 Å². The zero-order chi connectivity index (χ0) is 23.7. The summed E-state index contributed by atoms with van der Waals surface area (Å²) in [5.41, 5.74) is 4.61. The second kappa shape index (κ2) is 9.36. The van der Waals surface area contributed by atoms with Gasteiger partial charge in [-0.1, -0.05) is 53.3 Å². The van der Waals surface area contributed by atoms with E-state index >= 15 is 0 Å². The normalized spacial score (nSPS) is 14.5. The number of aryl methyl sites for hydroxylation is 2. The molecule has 5 rings (SSSR count). The van der Waals surface area contributed by atoms with Gasteiger partial charge in [0, 0.05) is 50.0 Å². The second-order valence-electron chi connectivity index (χ2n) is 8.62. The van der Waals surface area contributed by atoms with Crippen molar-refractivity contribution in [3.63, 3.8) is 0 Å². The lowest BCUT2D eigenvalue weighted by Gasteiger charge is -2.34. The Morgan fingerprint density at radius 3 is 2.50 bits per heavy atom. The van der Waals surface area contributed by atoms with Crippen molar-refractivity contribution >= 4 is 28.0 Å². The topological polar surface area (TPSA) is 82.8 Å². The Labute approximate surface area is 201 Å². The van der Waals surface area contributed by atoms with Gasteiger partial charge in [0.25, 0.3) is 5.56 Å². The van der Waals surface area contributed by atoms with Crippen LogP contribution in [0.4, 0.5) is 10.5 Å². The first-order valence-electron chi connectivity index (χ1n) is 11.3. The minimum absolute atomic E-state index is 0.0867. The van der Waals surface area contributed by atoms with E-state index in [1.807, 2.05) is 67.3 Å². The van der Waals surface area contributed by atoms with Gasteiger partial charge in [0.05, 0.1) is 5.69 Å². The van der Waals surface area contributed by atoms with Crippen LogP contribution in [0.3, 0.4) is 0 Å². The SMILES string of the molecule is Cc1ccc(-c2nn3c(=O)cc(CN4CCN(C(=O)Nc5cccc(C)c5)CC4)nc3s2)cc1. The maximum absolute atomic E-state index is 12.7. The molecule has 1 fully saturated rings. The molecule has 2 aromatic heterocycles. The average molecular weight is 475 g/mol. The number of hydrogen-bond acceptors (Lipinski definition) is 6. The Bertz CT molecular complexity index is 1390. The summed E-state index contributed by atoms with van der Waals surface area (Å²) < 4.78 is 1.37. The number of anilines is 1. The van der Waals surface area contributed by atoms with E-state index in [4.69, 9.17) is 4.98 Å². The third-order valence-corrected chi connectivity index (χ3v) is 6.87. The van der Waals surface area contributed by atoms with Crippen LogP contribution in [0, 0.1) is 13.8 Å². The van der Waals surface area contributed by atoms with Crippen molar-refractivity contribution in [2.75, 3.05) is 31.5 Å². The number of nitrogens with one attached hydrogen (secondary N) is 1. The summed E-state index contributed by atoms with van der Waals surface area (Å²) in [6, 6.07) is 17.3. The van der Waals surface area contributed by atoms with Crippen molar-refractivity contribution in [1.82, 2.24) is 24.4 Å². The first-order chi connectivity index (χ1) is 16.4. The van der Waals surface area contributed by atoms with Gasteiger partial charge in [-0.2, -0.15) is 9.61 Å². The van der Waals surface area contributed by atoms with Gasteiger partial charge in [-0.25, -0.2) is 9.78 Å². The molecule has 174 valence electrons. The molecule has 3 heterocycles. The molecule has 2 aromatic carbocycles. The van der Waals surface area contributed by atoms with Crippen LogP contribution in [-0.4, -0.2) is 56.6 Å². The van der Waals surface area contributed by atoms with Gasteiger partial charge < -0.3 is 10.2 Å². The number of carbonyl (C=O) groups excluding carboxylic acids is 1. The van der Waals surface area contributed by atoms with E-state index < -0.39 is 0 Å². The van der Waals surface area contributed by atoms with E-state index in [0.717, 1.165) is 40.6 Å². The number of nitrogens with zero attached hydrogens (tertiary/aromatic N) is 5. The summed E-state index contributed by atoms with van der Waals surface area (Å²) in [4.78, 5) is 34.6. The highest BCUT2D eigenvalue weighted by atomic mass is 32.1. The summed E-state index contributed by atoms with van der Waals surface area (Å²) in [5, 5.41) is 8.21. The predicted octanol–water partition coefficient (Wildman–Crippen LogP) is 3.78. The van der Waals surface area contributed by atoms with Crippen molar-refractivity contribution < 1.29 is 4.79 Å². The molecule has 1 saturated heterocycles. The lowest BCUT2D eigenvalue weighted by molar-refractivity contribution is 0.142. The fraction of sp³-hybridized carbons (Fsp3) is 0.280. The predicted molar refractivity (Wildman–Crippen MR) is 134 cm³/mol. The van der Waals surface area contributed by atoms with E-state index in [1.54, 1.807) is 6.07 Å². The van der Waals surface area contributed by atoms with Crippen LogP contribution in [0.25, 0.3) is 15.5 Å². The number of piperazine rings is 1. The highest BCUT2D eigenvalue weighted by Crippen LogP contribution is 2.24. The number of aromatic nitrogens is 3. The standard InChI is InChI=1S/C25H26N6O2S/c1-17-6-8-19(9-7-17)23-28-31-22(32)15-21(27-25(31)34-23)16-29-10-12-30(13-11-29)24(33)26-20-5-3-4-18(2)14-20/h3-9,14-15H,10-13,16H2,1-2H3,(H,26,33). The van der Waals surface area contributed by atoms with Gasteiger partial charge in [0.15, 0.2) is 0 Å². The molecule has 34 heavy (non-hydrogen) atoms. The van der Waals surface area contributed by atoms with Gasteiger partial charge in [-0.15, -0.1) is 0 Å². The number of rotatable bonds is 4. The molecule has 0 aliphatic carbocycles. The summed E-state index contributed by atoms with van der Waals surface area (Å²) in [5.74, 6) is 0. The quantitative estimate of drug-likeness (QED) is 0.487. The van der Waals surface area contributed by atoms with Crippen LogP contribution >= 0.6 is 11.3 Å². The number of urea groups is 1. The van der Waals surface area contributed by atoms with Gasteiger partial charge in [0.1, 0.15) is 5.01 Å². The molecule has 1 aliphatic heterocycles. The fourth-order valence-corrected chi connectivity index (χ4v) is 4.94. The van der Waals surface area contributed by atoms with Crippen LogP contribution in [0.5, 0.6) is 0 Å². The van der Waals surface area contributed by atoms with Crippen LogP contribution in [0.1, 0.15) is 16.8 Å². The molecule has 0 atom stereocenters. The number of hydrogen-bond donors (Lipinski definition) is 1. The Morgan fingerprint density at radius 2 is 1.76 bits per heavy atom. The number of amides is 2. The molecule has 0 radical (unpaired) electrons. The summed E-state index contributed by atoms with van der Waals surface area (Å²) in [7, 11) is 0. The number of benzene rings is 2. The Hall–Kier alpha value is -3.56. The lowest BCUT2D eigenvalue weighted by Crippen LogP contribution is -2.49. The van der Waals surface area contributed by atoms with E-state index in [1.165, 1.54) is 21.4 Å². The van der Waals surface area contributed by atoms with Crippen molar-refractivity contribution in [3.8, 4) is 10.6 Å². The molecule has 0 spiro atoms. The Kier molecular flexibility index (Phi) is 6.12. The number of carbonyl (C=O) groups is 1.